The summed E-state index contributed by atoms with van der Waals surface area (Å²) in [6.45, 7) is 2.20. The molecule has 18 heavy (non-hydrogen) atoms. The molecule has 1 aromatic carbocycles. The van der Waals surface area contributed by atoms with Gasteiger partial charge in [-0.05, 0) is 46.5 Å². The third-order valence-corrected chi connectivity index (χ3v) is 3.37. The maximum atomic E-state index is 11.7. The van der Waals surface area contributed by atoms with Crippen LogP contribution in [0.1, 0.15) is 34.8 Å². The quantitative estimate of drug-likeness (QED) is 0.803. The fourth-order valence-corrected chi connectivity index (χ4v) is 2.36. The molecule has 2 rings (SSSR count). The SMILES string of the molecule is CCOC(=O)CCc1ccc2c(c1)C=C(Br)C2=O. The highest BCUT2D eigenvalue weighted by atomic mass is 79.9. The molecule has 0 unspecified atom stereocenters. The predicted octanol–water partition coefficient (Wildman–Crippen LogP) is 3.11. The normalized spacial score (nSPS) is 13.2. The minimum absolute atomic E-state index is 0.0157. The highest BCUT2D eigenvalue weighted by molar-refractivity contribution is 9.12. The maximum absolute atomic E-state index is 11.7. The topological polar surface area (TPSA) is 43.4 Å². The van der Waals surface area contributed by atoms with Crippen LogP contribution in [-0.2, 0) is 16.0 Å². The predicted molar refractivity (Wildman–Crippen MR) is 72.6 cm³/mol. The van der Waals surface area contributed by atoms with E-state index in [0.29, 0.717) is 29.5 Å². The van der Waals surface area contributed by atoms with E-state index in [1.807, 2.05) is 24.3 Å². The van der Waals surface area contributed by atoms with E-state index < -0.39 is 0 Å². The second-order valence-electron chi connectivity index (χ2n) is 4.05. The second-order valence-corrected chi connectivity index (χ2v) is 4.90. The summed E-state index contributed by atoms with van der Waals surface area (Å²) < 4.78 is 5.46. The van der Waals surface area contributed by atoms with Crippen molar-refractivity contribution in [1.82, 2.24) is 0 Å². The van der Waals surface area contributed by atoms with Crippen LogP contribution in [0, 0.1) is 0 Å². The van der Waals surface area contributed by atoms with Crippen molar-refractivity contribution in [2.45, 2.75) is 19.8 Å². The zero-order chi connectivity index (χ0) is 13.1. The number of ether oxygens (including phenoxy) is 1. The van der Waals surface area contributed by atoms with E-state index in [2.05, 4.69) is 15.9 Å². The van der Waals surface area contributed by atoms with Crippen LogP contribution >= 0.6 is 15.9 Å². The van der Waals surface area contributed by atoms with E-state index in [1.165, 1.54) is 0 Å². The van der Waals surface area contributed by atoms with Crippen molar-refractivity contribution in [1.29, 1.82) is 0 Å². The largest absolute Gasteiger partial charge is 0.466 e. The summed E-state index contributed by atoms with van der Waals surface area (Å²) in [6, 6.07) is 5.64. The first kappa shape index (κ1) is 13.0. The van der Waals surface area contributed by atoms with Gasteiger partial charge in [-0.1, -0.05) is 18.2 Å². The Labute approximate surface area is 114 Å². The minimum Gasteiger partial charge on any atom is -0.466 e. The zero-order valence-electron chi connectivity index (χ0n) is 10.0. The lowest BCUT2D eigenvalue weighted by molar-refractivity contribution is -0.143. The monoisotopic (exact) mass is 308 g/mol. The number of allylic oxidation sites excluding steroid dienone is 1. The van der Waals surface area contributed by atoms with Crippen molar-refractivity contribution in [2.24, 2.45) is 0 Å². The molecule has 0 saturated heterocycles. The number of ketones is 1. The van der Waals surface area contributed by atoms with E-state index in [0.717, 1.165) is 11.1 Å². The molecular formula is C14H13BrO3. The third-order valence-electron chi connectivity index (χ3n) is 2.78. The molecule has 1 aliphatic rings. The standard InChI is InChI=1S/C14H13BrO3/c1-2-18-13(16)6-4-9-3-5-11-10(7-9)8-12(15)14(11)17/h3,5,7-8H,2,4,6H2,1H3. The Morgan fingerprint density at radius 1 is 1.39 bits per heavy atom. The summed E-state index contributed by atoms with van der Waals surface area (Å²) in [7, 11) is 0. The molecule has 0 bridgehead atoms. The zero-order valence-corrected chi connectivity index (χ0v) is 11.6. The smallest absolute Gasteiger partial charge is 0.306 e. The highest BCUT2D eigenvalue weighted by Crippen LogP contribution is 2.29. The van der Waals surface area contributed by atoms with Gasteiger partial charge in [0.15, 0.2) is 0 Å². The number of halogens is 1. The van der Waals surface area contributed by atoms with Crippen LogP contribution in [0.2, 0.25) is 0 Å². The lowest BCUT2D eigenvalue weighted by Gasteiger charge is -2.04. The van der Waals surface area contributed by atoms with Crippen molar-refractivity contribution in [2.75, 3.05) is 6.61 Å². The van der Waals surface area contributed by atoms with E-state index in [-0.39, 0.29) is 11.8 Å². The number of benzene rings is 1. The fraction of sp³-hybridized carbons (Fsp3) is 0.286. The van der Waals surface area contributed by atoms with Crippen molar-refractivity contribution in [3.63, 3.8) is 0 Å². The van der Waals surface area contributed by atoms with Gasteiger partial charge in [0.1, 0.15) is 0 Å². The van der Waals surface area contributed by atoms with Gasteiger partial charge < -0.3 is 4.74 Å². The molecular weight excluding hydrogens is 296 g/mol. The van der Waals surface area contributed by atoms with Crippen LogP contribution in [0.3, 0.4) is 0 Å². The number of fused-ring (bicyclic) bond motifs is 1. The summed E-state index contributed by atoms with van der Waals surface area (Å²) in [6.07, 6.45) is 2.81. The molecule has 0 atom stereocenters. The highest BCUT2D eigenvalue weighted by Gasteiger charge is 2.20. The Kier molecular flexibility index (Phi) is 3.97. The fourth-order valence-electron chi connectivity index (χ4n) is 1.90. The Morgan fingerprint density at radius 3 is 2.89 bits per heavy atom. The van der Waals surface area contributed by atoms with E-state index in [9.17, 15) is 9.59 Å². The second kappa shape index (κ2) is 5.48. The summed E-state index contributed by atoms with van der Waals surface area (Å²) in [5.74, 6) is -0.173. The van der Waals surface area contributed by atoms with Crippen LogP contribution in [0.25, 0.3) is 6.08 Å². The number of rotatable bonds is 4. The van der Waals surface area contributed by atoms with Gasteiger partial charge >= 0.3 is 5.97 Å². The summed E-state index contributed by atoms with van der Waals surface area (Å²) in [4.78, 5) is 22.9. The van der Waals surface area contributed by atoms with Crippen molar-refractivity contribution >= 4 is 33.8 Å². The van der Waals surface area contributed by atoms with Crippen molar-refractivity contribution in [3.8, 4) is 0 Å². The van der Waals surface area contributed by atoms with Gasteiger partial charge in [-0.2, -0.15) is 0 Å². The molecule has 0 heterocycles. The van der Waals surface area contributed by atoms with Crippen molar-refractivity contribution < 1.29 is 14.3 Å². The molecule has 0 spiro atoms. The molecule has 3 nitrogen and oxygen atoms in total. The van der Waals surface area contributed by atoms with Crippen molar-refractivity contribution in [3.05, 3.63) is 39.4 Å². The molecule has 1 aliphatic carbocycles. The molecule has 0 aromatic heterocycles. The average molecular weight is 309 g/mol. The van der Waals surface area contributed by atoms with Crippen LogP contribution in [0.5, 0.6) is 0 Å². The summed E-state index contributed by atoms with van der Waals surface area (Å²) in [5, 5.41) is 0. The number of hydrogen-bond acceptors (Lipinski definition) is 3. The Balaban J connectivity index is 2.07. The molecule has 1 aromatic rings. The van der Waals surface area contributed by atoms with Crippen LogP contribution in [0.4, 0.5) is 0 Å². The van der Waals surface area contributed by atoms with Gasteiger partial charge in [0.25, 0.3) is 0 Å². The molecule has 94 valence electrons. The number of Topliss-reactive ketones (excluding diaryl/α,β-unsaturated/α-hetero) is 1. The van der Waals surface area contributed by atoms with E-state index >= 15 is 0 Å². The first-order valence-electron chi connectivity index (χ1n) is 5.82. The van der Waals surface area contributed by atoms with Gasteiger partial charge in [0, 0.05) is 12.0 Å². The molecule has 0 amide bonds. The Morgan fingerprint density at radius 2 is 2.17 bits per heavy atom. The molecule has 0 saturated carbocycles. The number of carbonyl (C=O) groups is 2. The minimum atomic E-state index is -0.189. The maximum Gasteiger partial charge on any atom is 0.306 e. The lowest BCUT2D eigenvalue weighted by atomic mass is 10.0. The Bertz CT molecular complexity index is 532. The molecule has 0 N–H and O–H groups in total. The molecule has 0 aliphatic heterocycles. The van der Waals surface area contributed by atoms with Gasteiger partial charge in [0.2, 0.25) is 5.78 Å². The van der Waals surface area contributed by atoms with Crippen LogP contribution < -0.4 is 0 Å². The molecule has 0 fully saturated rings. The van der Waals surface area contributed by atoms with Crippen LogP contribution in [-0.4, -0.2) is 18.4 Å². The third kappa shape index (κ3) is 2.70. The summed E-state index contributed by atoms with van der Waals surface area (Å²) in [5.41, 5.74) is 2.66. The number of hydrogen-bond donors (Lipinski definition) is 0. The number of esters is 1. The van der Waals surface area contributed by atoms with Crippen LogP contribution in [0.15, 0.2) is 22.7 Å². The van der Waals surface area contributed by atoms with E-state index in [1.54, 1.807) is 6.92 Å². The van der Waals surface area contributed by atoms with Gasteiger partial charge in [0.05, 0.1) is 11.1 Å². The Hall–Kier alpha value is -1.42. The van der Waals surface area contributed by atoms with Gasteiger partial charge in [-0.15, -0.1) is 0 Å². The number of aryl methyl sites for hydroxylation is 1. The molecule has 4 heteroatoms. The molecule has 0 radical (unpaired) electrons. The van der Waals surface area contributed by atoms with Gasteiger partial charge in [-0.25, -0.2) is 0 Å². The number of carbonyl (C=O) groups excluding carboxylic acids is 2. The average Bonchev–Trinajstić information content (AvgIpc) is 2.63. The summed E-state index contributed by atoms with van der Waals surface area (Å²) >= 11 is 3.23. The first-order valence-corrected chi connectivity index (χ1v) is 6.61. The lowest BCUT2D eigenvalue weighted by Crippen LogP contribution is -2.05. The first-order chi connectivity index (χ1) is 8.61. The van der Waals surface area contributed by atoms with Gasteiger partial charge in [-0.3, -0.25) is 9.59 Å². The van der Waals surface area contributed by atoms with E-state index in [4.69, 9.17) is 4.74 Å².